The molecule has 1 aliphatic rings. The number of halogens is 6. The van der Waals surface area contributed by atoms with E-state index in [9.17, 15) is 13.2 Å². The van der Waals surface area contributed by atoms with Crippen LogP contribution < -0.4 is 5.43 Å². The highest BCUT2D eigenvalue weighted by Crippen LogP contribution is 2.35. The van der Waals surface area contributed by atoms with Crippen LogP contribution in [-0.2, 0) is 6.18 Å². The van der Waals surface area contributed by atoms with Crippen LogP contribution >= 0.6 is 34.8 Å². The van der Waals surface area contributed by atoms with E-state index in [0.29, 0.717) is 33.5 Å². The Morgan fingerprint density at radius 2 is 1.93 bits per heavy atom. The molecule has 1 aliphatic heterocycles. The minimum absolute atomic E-state index is 0.0479. The molecule has 0 aromatic heterocycles. The lowest BCUT2D eigenvalue weighted by molar-refractivity contribution is -0.137. The smallest absolute Gasteiger partial charge is 0.276 e. The van der Waals surface area contributed by atoms with Crippen molar-refractivity contribution in [3.63, 3.8) is 0 Å². The summed E-state index contributed by atoms with van der Waals surface area (Å²) in [5, 5.41) is 4.12. The van der Waals surface area contributed by atoms with Gasteiger partial charge in [0.2, 0.25) is 0 Å². The molecule has 0 fully saturated rings. The normalized spacial score (nSPS) is 15.6. The number of fused-ring (bicyclic) bond motifs is 1. The molecule has 4 nitrogen and oxygen atoms in total. The Hall–Kier alpha value is -2.09. The summed E-state index contributed by atoms with van der Waals surface area (Å²) in [5.74, 6) is 0.447. The number of hydrogen-bond donors (Lipinski definition) is 1. The molecular weight excluding hydrogens is 460 g/mol. The molecule has 1 unspecified atom stereocenters. The Morgan fingerprint density at radius 3 is 2.57 bits per heavy atom. The van der Waals surface area contributed by atoms with E-state index in [1.54, 1.807) is 31.2 Å². The van der Waals surface area contributed by atoms with Gasteiger partial charge >= 0.3 is 6.18 Å². The summed E-state index contributed by atoms with van der Waals surface area (Å²) in [6.07, 6.45) is -4.51. The number of nitrogens with zero attached hydrogens (tertiary/aromatic N) is 3. The first-order valence-corrected chi connectivity index (χ1v) is 10.2. The maximum absolute atomic E-state index is 13.3. The highest BCUT2D eigenvalue weighted by molar-refractivity contribution is 6.39. The van der Waals surface area contributed by atoms with E-state index in [4.69, 9.17) is 34.8 Å². The maximum atomic E-state index is 13.3. The van der Waals surface area contributed by atoms with Gasteiger partial charge in [-0.2, -0.15) is 18.3 Å². The number of alkyl halides is 5. The molecule has 158 valence electrons. The topological polar surface area (TPSA) is 49.1 Å². The van der Waals surface area contributed by atoms with Gasteiger partial charge in [0.05, 0.1) is 40.5 Å². The first-order valence-electron chi connectivity index (χ1n) is 8.81. The second-order valence-corrected chi connectivity index (χ2v) is 7.73. The molecule has 0 saturated carbocycles. The molecule has 3 rings (SSSR count). The highest BCUT2D eigenvalue weighted by atomic mass is 35.5. The zero-order valence-electron chi connectivity index (χ0n) is 15.6. The van der Waals surface area contributed by atoms with Crippen molar-refractivity contribution in [3.05, 3.63) is 64.2 Å². The Labute approximate surface area is 186 Å². The Bertz CT molecular complexity index is 1030. The lowest BCUT2D eigenvalue weighted by Gasteiger charge is -2.13. The fourth-order valence-corrected chi connectivity index (χ4v) is 3.45. The largest absolute Gasteiger partial charge is 0.416 e. The Balaban J connectivity index is 2.11. The molecule has 1 atom stereocenters. The summed E-state index contributed by atoms with van der Waals surface area (Å²) in [7, 11) is 0. The second kappa shape index (κ2) is 9.37. The van der Waals surface area contributed by atoms with E-state index in [2.05, 4.69) is 20.5 Å². The van der Waals surface area contributed by atoms with Crippen LogP contribution in [0.4, 0.5) is 18.9 Å². The number of hydrogen-bond acceptors (Lipinski definition) is 4. The van der Waals surface area contributed by atoms with Crippen LogP contribution in [0.3, 0.4) is 0 Å². The summed E-state index contributed by atoms with van der Waals surface area (Å²) in [6.45, 7) is 1.77. The van der Waals surface area contributed by atoms with Crippen LogP contribution in [0.1, 0.15) is 23.6 Å². The summed E-state index contributed by atoms with van der Waals surface area (Å²) >= 11 is 18.1. The summed E-state index contributed by atoms with van der Waals surface area (Å²) in [5.41, 5.74) is 3.82. The molecule has 0 bridgehead atoms. The number of nitrogens with one attached hydrogen (secondary N) is 1. The van der Waals surface area contributed by atoms with Crippen molar-refractivity contribution in [2.24, 2.45) is 15.1 Å². The molecule has 0 saturated heterocycles. The SMILES string of the molecule is CC(Cl)/C(CCl)=N\NC1=Nc2ccc(C(F)(F)F)cc2C(c2ccccc2Cl)=NC1. The zero-order chi connectivity index (χ0) is 21.9. The lowest BCUT2D eigenvalue weighted by atomic mass is 9.98. The van der Waals surface area contributed by atoms with Crippen molar-refractivity contribution in [3.8, 4) is 0 Å². The second-order valence-electron chi connectivity index (χ2n) is 6.40. The predicted molar refractivity (Wildman–Crippen MR) is 117 cm³/mol. The van der Waals surface area contributed by atoms with Gasteiger partial charge in [-0.15, -0.1) is 23.2 Å². The number of hydrazone groups is 1. The minimum Gasteiger partial charge on any atom is -0.276 e. The quantitative estimate of drug-likeness (QED) is 0.326. The van der Waals surface area contributed by atoms with Crippen LogP contribution in [-0.4, -0.2) is 35.1 Å². The molecule has 10 heteroatoms. The van der Waals surface area contributed by atoms with Gasteiger partial charge in [-0.3, -0.25) is 10.4 Å². The van der Waals surface area contributed by atoms with Gasteiger partial charge in [-0.1, -0.05) is 29.8 Å². The molecule has 0 aliphatic carbocycles. The van der Waals surface area contributed by atoms with Crippen molar-refractivity contribution < 1.29 is 13.2 Å². The van der Waals surface area contributed by atoms with Gasteiger partial charge in [-0.25, -0.2) is 4.99 Å². The minimum atomic E-state index is -4.51. The summed E-state index contributed by atoms with van der Waals surface area (Å²) < 4.78 is 39.9. The van der Waals surface area contributed by atoms with Crippen molar-refractivity contribution in [2.75, 3.05) is 12.4 Å². The van der Waals surface area contributed by atoms with Crippen molar-refractivity contribution >= 4 is 57.7 Å². The average Bonchev–Trinajstić information content (AvgIpc) is 2.87. The fraction of sp³-hybridized carbons (Fsp3) is 0.250. The van der Waals surface area contributed by atoms with Gasteiger partial charge in [0.25, 0.3) is 0 Å². The zero-order valence-corrected chi connectivity index (χ0v) is 17.9. The van der Waals surface area contributed by atoms with E-state index in [-0.39, 0.29) is 18.0 Å². The predicted octanol–water partition coefficient (Wildman–Crippen LogP) is 6.05. The van der Waals surface area contributed by atoms with Gasteiger partial charge < -0.3 is 0 Å². The van der Waals surface area contributed by atoms with Crippen molar-refractivity contribution in [1.29, 1.82) is 0 Å². The third kappa shape index (κ3) is 5.14. The monoisotopic (exact) mass is 474 g/mol. The summed E-state index contributed by atoms with van der Waals surface area (Å²) in [4.78, 5) is 8.91. The van der Waals surface area contributed by atoms with E-state index < -0.39 is 17.1 Å². The molecule has 1 N–H and O–H groups in total. The van der Waals surface area contributed by atoms with Gasteiger partial charge in [-0.05, 0) is 31.2 Å². The van der Waals surface area contributed by atoms with Crippen molar-refractivity contribution in [1.82, 2.24) is 5.43 Å². The lowest BCUT2D eigenvalue weighted by Crippen LogP contribution is -2.25. The number of benzene rings is 2. The van der Waals surface area contributed by atoms with Crippen LogP contribution in [0, 0.1) is 0 Å². The molecule has 0 radical (unpaired) electrons. The molecule has 2 aromatic rings. The number of rotatable bonds is 4. The highest BCUT2D eigenvalue weighted by Gasteiger charge is 2.32. The number of aliphatic imine (C=N–C) groups is 2. The van der Waals surface area contributed by atoms with Gasteiger partial charge in [0, 0.05) is 16.1 Å². The molecule has 0 spiro atoms. The molecular formula is C20H16Cl3F3N4. The standard InChI is InChI=1S/C20H16Cl3F3N4/c1-11(22)17(9-21)29-30-18-10-27-19(13-4-2-3-5-15(13)23)14-8-12(20(24,25)26)6-7-16(14)28-18/h2-8,11H,9-10H2,1H3,(H,28,30)/b29-17-. The van der Waals surface area contributed by atoms with E-state index in [1.165, 1.54) is 6.07 Å². The first kappa shape index (κ1) is 22.6. The van der Waals surface area contributed by atoms with Crippen molar-refractivity contribution in [2.45, 2.75) is 18.5 Å². The molecule has 2 aromatic carbocycles. The fourth-order valence-electron chi connectivity index (χ4n) is 2.72. The third-order valence-electron chi connectivity index (χ3n) is 4.27. The van der Waals surface area contributed by atoms with E-state index in [1.807, 2.05) is 0 Å². The first-order chi connectivity index (χ1) is 14.2. The number of amidine groups is 1. The van der Waals surface area contributed by atoms with Gasteiger partial charge in [0.15, 0.2) is 0 Å². The summed E-state index contributed by atoms with van der Waals surface area (Å²) in [6, 6.07) is 10.1. The van der Waals surface area contributed by atoms with E-state index in [0.717, 1.165) is 12.1 Å². The third-order valence-corrected chi connectivity index (χ3v) is 5.13. The van der Waals surface area contributed by atoms with E-state index >= 15 is 0 Å². The molecule has 0 amide bonds. The Morgan fingerprint density at radius 1 is 1.20 bits per heavy atom. The van der Waals surface area contributed by atoms with Crippen LogP contribution in [0.2, 0.25) is 5.02 Å². The van der Waals surface area contributed by atoms with Crippen LogP contribution in [0.5, 0.6) is 0 Å². The maximum Gasteiger partial charge on any atom is 0.416 e. The van der Waals surface area contributed by atoms with Gasteiger partial charge in [0.1, 0.15) is 5.84 Å². The van der Waals surface area contributed by atoms with Crippen LogP contribution in [0.15, 0.2) is 57.6 Å². The van der Waals surface area contributed by atoms with Crippen LogP contribution in [0.25, 0.3) is 0 Å². The molecule has 1 heterocycles. The Kier molecular flexibility index (Phi) is 7.06. The molecule has 30 heavy (non-hydrogen) atoms. The average molecular weight is 476 g/mol.